The van der Waals surface area contributed by atoms with E-state index in [9.17, 15) is 9.59 Å². The molecule has 1 saturated carbocycles. The highest BCUT2D eigenvalue weighted by Gasteiger charge is 2.30. The van der Waals surface area contributed by atoms with Crippen LogP contribution < -0.4 is 10.1 Å². The standard InChI is InChI=1S/C12H13NO4/c1-17-10-8(12(15)16)3-2-4-9(10)13-11(14)7-5-6-7/h2-4,7H,5-6H2,1H3,(H,13,14)(H,15,16). The molecule has 1 aromatic rings. The maximum Gasteiger partial charge on any atom is 0.339 e. The van der Waals surface area contributed by atoms with E-state index >= 15 is 0 Å². The zero-order valence-corrected chi connectivity index (χ0v) is 9.40. The molecule has 0 aromatic heterocycles. The quantitative estimate of drug-likeness (QED) is 0.833. The lowest BCUT2D eigenvalue weighted by Gasteiger charge is -2.11. The van der Waals surface area contributed by atoms with Crippen LogP contribution in [0.4, 0.5) is 5.69 Å². The molecule has 0 aliphatic heterocycles. The molecule has 0 radical (unpaired) electrons. The molecule has 1 aromatic carbocycles. The van der Waals surface area contributed by atoms with Crippen LogP contribution in [0.2, 0.25) is 0 Å². The van der Waals surface area contributed by atoms with Crippen LogP contribution in [-0.2, 0) is 4.79 Å². The number of carbonyl (C=O) groups excluding carboxylic acids is 1. The van der Waals surface area contributed by atoms with E-state index in [4.69, 9.17) is 9.84 Å². The minimum absolute atomic E-state index is 0.0427. The molecule has 0 heterocycles. The second kappa shape index (κ2) is 4.45. The van der Waals surface area contributed by atoms with Crippen molar-refractivity contribution in [1.29, 1.82) is 0 Å². The lowest BCUT2D eigenvalue weighted by Crippen LogP contribution is -2.15. The van der Waals surface area contributed by atoms with Crippen molar-refractivity contribution in [2.24, 2.45) is 5.92 Å². The monoisotopic (exact) mass is 235 g/mol. The van der Waals surface area contributed by atoms with E-state index < -0.39 is 5.97 Å². The number of hydrogen-bond donors (Lipinski definition) is 2. The zero-order chi connectivity index (χ0) is 12.4. The number of hydrogen-bond acceptors (Lipinski definition) is 3. The van der Waals surface area contributed by atoms with Gasteiger partial charge in [0.25, 0.3) is 0 Å². The first-order valence-electron chi connectivity index (χ1n) is 5.34. The number of carboxylic acids is 1. The molecule has 17 heavy (non-hydrogen) atoms. The number of ether oxygens (including phenoxy) is 1. The van der Waals surface area contributed by atoms with Crippen LogP contribution in [0, 0.1) is 5.92 Å². The summed E-state index contributed by atoms with van der Waals surface area (Å²) in [6.45, 7) is 0. The number of benzene rings is 1. The van der Waals surface area contributed by atoms with Crippen LogP contribution in [0.1, 0.15) is 23.2 Å². The van der Waals surface area contributed by atoms with Gasteiger partial charge in [0.1, 0.15) is 5.56 Å². The van der Waals surface area contributed by atoms with Crippen molar-refractivity contribution < 1.29 is 19.4 Å². The Hall–Kier alpha value is -2.04. The number of amides is 1. The smallest absolute Gasteiger partial charge is 0.339 e. The summed E-state index contributed by atoms with van der Waals surface area (Å²) in [5.74, 6) is -0.905. The van der Waals surface area contributed by atoms with Gasteiger partial charge >= 0.3 is 5.97 Å². The van der Waals surface area contributed by atoms with Gasteiger partial charge < -0.3 is 15.2 Å². The Morgan fingerprint density at radius 2 is 2.12 bits per heavy atom. The van der Waals surface area contributed by atoms with Crippen LogP contribution in [0.3, 0.4) is 0 Å². The highest BCUT2D eigenvalue weighted by molar-refractivity contribution is 5.99. The Morgan fingerprint density at radius 1 is 1.41 bits per heavy atom. The number of aromatic carboxylic acids is 1. The topological polar surface area (TPSA) is 75.6 Å². The summed E-state index contributed by atoms with van der Waals surface area (Å²) in [5.41, 5.74) is 0.449. The number of anilines is 1. The van der Waals surface area contributed by atoms with Gasteiger partial charge in [-0.2, -0.15) is 0 Å². The fourth-order valence-corrected chi connectivity index (χ4v) is 1.60. The van der Waals surface area contributed by atoms with E-state index in [1.807, 2.05) is 0 Å². The predicted molar refractivity (Wildman–Crippen MR) is 61.3 cm³/mol. The maximum absolute atomic E-state index is 11.6. The van der Waals surface area contributed by atoms with Gasteiger partial charge in [-0.05, 0) is 25.0 Å². The first-order chi connectivity index (χ1) is 8.13. The summed E-state index contributed by atoms with van der Waals surface area (Å²) in [6.07, 6.45) is 1.79. The minimum Gasteiger partial charge on any atom is -0.494 e. The molecule has 1 fully saturated rings. The molecular weight excluding hydrogens is 222 g/mol. The van der Waals surface area contributed by atoms with Crippen LogP contribution in [0.25, 0.3) is 0 Å². The fraction of sp³-hybridized carbons (Fsp3) is 0.333. The van der Waals surface area contributed by atoms with E-state index in [2.05, 4.69) is 5.32 Å². The molecule has 5 heteroatoms. The molecule has 0 saturated heterocycles. The molecule has 1 amide bonds. The molecule has 90 valence electrons. The van der Waals surface area contributed by atoms with E-state index in [1.54, 1.807) is 12.1 Å². The molecule has 2 rings (SSSR count). The highest BCUT2D eigenvalue weighted by atomic mass is 16.5. The zero-order valence-electron chi connectivity index (χ0n) is 9.40. The lowest BCUT2D eigenvalue weighted by molar-refractivity contribution is -0.117. The van der Waals surface area contributed by atoms with Crippen LogP contribution >= 0.6 is 0 Å². The molecule has 0 atom stereocenters. The Labute approximate surface area is 98.4 Å². The minimum atomic E-state index is -1.08. The Morgan fingerprint density at radius 3 is 2.65 bits per heavy atom. The first kappa shape index (κ1) is 11.4. The van der Waals surface area contributed by atoms with Crippen molar-refractivity contribution in [3.8, 4) is 5.75 Å². The Bertz CT molecular complexity index is 466. The third kappa shape index (κ3) is 2.38. The van der Waals surface area contributed by atoms with Gasteiger partial charge in [0.15, 0.2) is 5.75 Å². The summed E-state index contributed by atoms with van der Waals surface area (Å²) in [7, 11) is 1.38. The van der Waals surface area contributed by atoms with Crippen LogP contribution in [-0.4, -0.2) is 24.1 Å². The summed E-state index contributed by atoms with van der Waals surface area (Å²) in [6, 6.07) is 4.65. The van der Waals surface area contributed by atoms with Crippen LogP contribution in [0.15, 0.2) is 18.2 Å². The average molecular weight is 235 g/mol. The third-order valence-electron chi connectivity index (χ3n) is 2.66. The van der Waals surface area contributed by atoms with E-state index in [-0.39, 0.29) is 23.1 Å². The molecule has 1 aliphatic carbocycles. The lowest BCUT2D eigenvalue weighted by atomic mass is 10.1. The van der Waals surface area contributed by atoms with Crippen molar-refractivity contribution in [3.05, 3.63) is 23.8 Å². The van der Waals surface area contributed by atoms with Crippen molar-refractivity contribution in [2.45, 2.75) is 12.8 Å². The SMILES string of the molecule is COc1c(NC(=O)C2CC2)cccc1C(=O)O. The third-order valence-corrected chi connectivity index (χ3v) is 2.66. The second-order valence-electron chi connectivity index (χ2n) is 3.96. The molecule has 1 aliphatic rings. The van der Waals surface area contributed by atoms with Gasteiger partial charge in [-0.3, -0.25) is 4.79 Å². The number of nitrogens with one attached hydrogen (secondary N) is 1. The largest absolute Gasteiger partial charge is 0.494 e. The van der Waals surface area contributed by atoms with Crippen molar-refractivity contribution >= 4 is 17.6 Å². The predicted octanol–water partition coefficient (Wildman–Crippen LogP) is 1.74. The van der Waals surface area contributed by atoms with Crippen molar-refractivity contribution in [3.63, 3.8) is 0 Å². The summed E-state index contributed by atoms with van der Waals surface area (Å²) in [5, 5.41) is 11.7. The van der Waals surface area contributed by atoms with E-state index in [1.165, 1.54) is 13.2 Å². The van der Waals surface area contributed by atoms with Gasteiger partial charge in [0.2, 0.25) is 5.91 Å². The molecule has 0 bridgehead atoms. The molecular formula is C12H13NO4. The number of carbonyl (C=O) groups is 2. The summed E-state index contributed by atoms with van der Waals surface area (Å²) >= 11 is 0. The number of carboxylic acid groups (broad SMARTS) is 1. The molecule has 0 spiro atoms. The van der Waals surface area contributed by atoms with E-state index in [0.29, 0.717) is 5.69 Å². The normalized spacial score (nSPS) is 14.2. The number of rotatable bonds is 4. The van der Waals surface area contributed by atoms with Gasteiger partial charge in [-0.15, -0.1) is 0 Å². The van der Waals surface area contributed by atoms with Gasteiger partial charge in [0.05, 0.1) is 12.8 Å². The van der Waals surface area contributed by atoms with Crippen molar-refractivity contribution in [1.82, 2.24) is 0 Å². The summed E-state index contributed by atoms with van der Waals surface area (Å²) < 4.78 is 5.04. The van der Waals surface area contributed by atoms with Crippen LogP contribution in [0.5, 0.6) is 5.75 Å². The van der Waals surface area contributed by atoms with Gasteiger partial charge in [0, 0.05) is 5.92 Å². The number of methoxy groups -OCH3 is 1. The van der Waals surface area contributed by atoms with E-state index in [0.717, 1.165) is 12.8 Å². The Balaban J connectivity index is 2.28. The molecule has 2 N–H and O–H groups in total. The molecule has 5 nitrogen and oxygen atoms in total. The maximum atomic E-state index is 11.6. The highest BCUT2D eigenvalue weighted by Crippen LogP contribution is 2.33. The number of para-hydroxylation sites is 1. The average Bonchev–Trinajstić information content (AvgIpc) is 3.12. The first-order valence-corrected chi connectivity index (χ1v) is 5.34. The molecule has 0 unspecified atom stereocenters. The fourth-order valence-electron chi connectivity index (χ4n) is 1.60. The van der Waals surface area contributed by atoms with Crippen molar-refractivity contribution in [2.75, 3.05) is 12.4 Å². The Kier molecular flexibility index (Phi) is 2.99. The second-order valence-corrected chi connectivity index (χ2v) is 3.96. The van der Waals surface area contributed by atoms with Gasteiger partial charge in [-0.25, -0.2) is 4.79 Å². The summed E-state index contributed by atoms with van der Waals surface area (Å²) in [4.78, 5) is 22.6. The van der Waals surface area contributed by atoms with Gasteiger partial charge in [-0.1, -0.05) is 6.07 Å².